The summed E-state index contributed by atoms with van der Waals surface area (Å²) in [7, 11) is 1.73. The fraction of sp³-hybridized carbons (Fsp3) is 0.188. The molecule has 1 aliphatic rings. The first-order valence-electron chi connectivity index (χ1n) is 13.8. The number of ether oxygens (including phenoxy) is 1. The van der Waals surface area contributed by atoms with Gasteiger partial charge in [-0.1, -0.05) is 29.8 Å². The van der Waals surface area contributed by atoms with Crippen molar-refractivity contribution in [2.75, 3.05) is 42.3 Å². The van der Waals surface area contributed by atoms with Gasteiger partial charge in [-0.15, -0.1) is 0 Å². The van der Waals surface area contributed by atoms with Crippen LogP contribution in [0.2, 0.25) is 5.02 Å². The third-order valence-electron chi connectivity index (χ3n) is 7.62. The Labute approximate surface area is 253 Å². The third-order valence-corrected chi connectivity index (χ3v) is 7.85. The Morgan fingerprint density at radius 3 is 2.49 bits per heavy atom. The number of morpholine rings is 1. The highest BCUT2D eigenvalue weighted by Gasteiger charge is 2.22. The summed E-state index contributed by atoms with van der Waals surface area (Å²) >= 11 is 6.13. The quantitative estimate of drug-likeness (QED) is 0.285. The number of pyridine rings is 2. The van der Waals surface area contributed by atoms with Crippen molar-refractivity contribution in [3.05, 3.63) is 106 Å². The molecule has 0 radical (unpaired) electrons. The largest absolute Gasteiger partial charge is 0.383 e. The van der Waals surface area contributed by atoms with Crippen molar-refractivity contribution in [1.82, 2.24) is 19.3 Å². The average Bonchev–Trinajstić information content (AvgIpc) is 3.25. The maximum Gasteiger partial charge on any atom is 0.284 e. The molecule has 0 spiro atoms. The molecule has 3 aromatic heterocycles. The van der Waals surface area contributed by atoms with E-state index in [1.807, 2.05) is 30.3 Å². The molecule has 0 unspecified atom stereocenters. The lowest BCUT2D eigenvalue weighted by Gasteiger charge is -2.28. The second-order valence-corrected chi connectivity index (χ2v) is 10.7. The molecule has 0 aliphatic carbocycles. The van der Waals surface area contributed by atoms with Crippen LogP contribution in [-0.2, 0) is 11.8 Å². The zero-order chi connectivity index (χ0) is 30.1. The van der Waals surface area contributed by atoms with E-state index in [9.17, 15) is 9.59 Å². The highest BCUT2D eigenvalue weighted by atomic mass is 35.5. The van der Waals surface area contributed by atoms with E-state index < -0.39 is 11.5 Å². The fourth-order valence-corrected chi connectivity index (χ4v) is 5.41. The second kappa shape index (κ2) is 11.7. The zero-order valence-electron chi connectivity index (χ0n) is 23.8. The van der Waals surface area contributed by atoms with Gasteiger partial charge >= 0.3 is 0 Å². The van der Waals surface area contributed by atoms with Gasteiger partial charge in [0.05, 0.1) is 24.6 Å². The monoisotopic (exact) mass is 595 g/mol. The topological polar surface area (TPSA) is 120 Å². The van der Waals surface area contributed by atoms with E-state index in [2.05, 4.69) is 20.2 Å². The summed E-state index contributed by atoms with van der Waals surface area (Å²) in [5, 5.41) is 3.35. The van der Waals surface area contributed by atoms with Crippen molar-refractivity contribution in [3.8, 4) is 27.9 Å². The molecule has 4 heterocycles. The van der Waals surface area contributed by atoms with Crippen LogP contribution in [0.15, 0.2) is 83.9 Å². The number of rotatable bonds is 6. The van der Waals surface area contributed by atoms with Crippen LogP contribution in [0.3, 0.4) is 0 Å². The predicted octanol–water partition coefficient (Wildman–Crippen LogP) is 4.93. The molecule has 0 atom stereocenters. The van der Waals surface area contributed by atoms with E-state index >= 15 is 0 Å². The normalized spacial score (nSPS) is 13.2. The van der Waals surface area contributed by atoms with Crippen LogP contribution in [0.1, 0.15) is 16.1 Å². The number of hydrogen-bond donors (Lipinski definition) is 2. The maximum atomic E-state index is 13.3. The van der Waals surface area contributed by atoms with Crippen molar-refractivity contribution in [1.29, 1.82) is 0 Å². The summed E-state index contributed by atoms with van der Waals surface area (Å²) in [6, 6.07) is 20.2. The molecule has 1 amide bonds. The molecular formula is C32H30ClN7O3. The molecule has 5 aromatic rings. The summed E-state index contributed by atoms with van der Waals surface area (Å²) < 4.78 is 8.53. The van der Waals surface area contributed by atoms with Gasteiger partial charge in [0, 0.05) is 54.4 Å². The van der Waals surface area contributed by atoms with Crippen LogP contribution in [0.4, 0.5) is 17.3 Å². The number of benzene rings is 2. The maximum absolute atomic E-state index is 13.3. The first-order valence-corrected chi connectivity index (χ1v) is 14.2. The Kier molecular flexibility index (Phi) is 7.71. The summed E-state index contributed by atoms with van der Waals surface area (Å²) in [5.74, 6) is 0.792. The van der Waals surface area contributed by atoms with E-state index in [0.717, 1.165) is 41.2 Å². The second-order valence-electron chi connectivity index (χ2n) is 10.3. The van der Waals surface area contributed by atoms with E-state index in [1.165, 1.54) is 4.68 Å². The van der Waals surface area contributed by atoms with Crippen molar-refractivity contribution < 1.29 is 9.53 Å². The van der Waals surface area contributed by atoms with Gasteiger partial charge in [-0.25, -0.2) is 14.6 Å². The fourth-order valence-electron chi connectivity index (χ4n) is 5.22. The summed E-state index contributed by atoms with van der Waals surface area (Å²) in [4.78, 5) is 37.8. The van der Waals surface area contributed by atoms with Crippen LogP contribution in [0, 0.1) is 6.92 Å². The van der Waals surface area contributed by atoms with Crippen LogP contribution >= 0.6 is 11.6 Å². The highest BCUT2D eigenvalue weighted by Crippen LogP contribution is 2.31. The zero-order valence-corrected chi connectivity index (χ0v) is 24.5. The van der Waals surface area contributed by atoms with E-state index in [-0.39, 0.29) is 5.56 Å². The first kappa shape index (κ1) is 28.2. The number of halogens is 1. The summed E-state index contributed by atoms with van der Waals surface area (Å²) in [6.45, 7) is 4.69. The number of carbonyl (C=O) groups is 1. The molecule has 6 rings (SSSR count). The number of nitrogens with two attached hydrogens (primary N) is 1. The standard InChI is InChI=1S/C32H30ClN7O3/c1-20-29(32(42)40(38(20)2)26-5-3-4-24(33)18-26)31(41)37-25-8-6-21(7-9-25)27-16-23(19-36-30(27)34)22-10-11-35-28(17-22)39-12-14-43-15-13-39/h3-11,16-19H,12-15H2,1-2H3,(H2,34,36)(H,37,41). The molecule has 0 bridgehead atoms. The van der Waals surface area contributed by atoms with Crippen molar-refractivity contribution in [3.63, 3.8) is 0 Å². The molecule has 1 fully saturated rings. The van der Waals surface area contributed by atoms with E-state index in [1.54, 1.807) is 67.4 Å². The number of nitrogens with one attached hydrogen (secondary N) is 1. The van der Waals surface area contributed by atoms with Gasteiger partial charge in [0.15, 0.2) is 0 Å². The van der Waals surface area contributed by atoms with Crippen LogP contribution < -0.4 is 21.5 Å². The number of carbonyl (C=O) groups excluding carboxylic acids is 1. The van der Waals surface area contributed by atoms with Gasteiger partial charge in [0.1, 0.15) is 17.2 Å². The molecule has 10 nitrogen and oxygen atoms in total. The number of amides is 1. The Balaban J connectivity index is 1.23. The number of hydrogen-bond acceptors (Lipinski definition) is 7. The van der Waals surface area contributed by atoms with E-state index in [0.29, 0.717) is 41.1 Å². The Bertz CT molecular complexity index is 1880. The number of nitrogen functional groups attached to an aromatic ring is 1. The number of aromatic nitrogens is 4. The van der Waals surface area contributed by atoms with E-state index in [4.69, 9.17) is 22.1 Å². The first-order chi connectivity index (χ1) is 20.8. The predicted molar refractivity (Wildman–Crippen MR) is 169 cm³/mol. The Morgan fingerprint density at radius 2 is 1.74 bits per heavy atom. The molecule has 1 aliphatic heterocycles. The van der Waals surface area contributed by atoms with Crippen LogP contribution in [0.25, 0.3) is 27.9 Å². The van der Waals surface area contributed by atoms with Gasteiger partial charge in [0.2, 0.25) is 0 Å². The Morgan fingerprint density at radius 1 is 0.977 bits per heavy atom. The average molecular weight is 596 g/mol. The lowest BCUT2D eigenvalue weighted by atomic mass is 10.0. The Hall–Kier alpha value is -4.93. The minimum atomic E-state index is -0.497. The minimum Gasteiger partial charge on any atom is -0.383 e. The molecule has 2 aromatic carbocycles. The lowest BCUT2D eigenvalue weighted by molar-refractivity contribution is 0.102. The smallest absolute Gasteiger partial charge is 0.284 e. The SMILES string of the molecule is Cc1c(C(=O)Nc2ccc(-c3cc(-c4ccnc(N5CCOCC5)c4)cnc3N)cc2)c(=O)n(-c2cccc(Cl)c2)n1C. The van der Waals surface area contributed by atoms with Gasteiger partial charge in [-0.2, -0.15) is 0 Å². The van der Waals surface area contributed by atoms with Gasteiger partial charge in [0.25, 0.3) is 11.5 Å². The summed E-state index contributed by atoms with van der Waals surface area (Å²) in [6.07, 6.45) is 3.55. The van der Waals surface area contributed by atoms with Crippen molar-refractivity contribution in [2.45, 2.75) is 6.92 Å². The minimum absolute atomic E-state index is 0.0569. The molecule has 1 saturated heterocycles. The molecule has 11 heteroatoms. The van der Waals surface area contributed by atoms with Gasteiger partial charge in [-0.3, -0.25) is 14.3 Å². The van der Waals surface area contributed by atoms with Crippen molar-refractivity contribution in [2.24, 2.45) is 7.05 Å². The van der Waals surface area contributed by atoms with Gasteiger partial charge in [-0.05, 0) is 66.6 Å². The van der Waals surface area contributed by atoms with Crippen LogP contribution in [0.5, 0.6) is 0 Å². The highest BCUT2D eigenvalue weighted by molar-refractivity contribution is 6.30. The molecule has 218 valence electrons. The van der Waals surface area contributed by atoms with Crippen LogP contribution in [-0.4, -0.2) is 51.5 Å². The molecule has 3 N–H and O–H groups in total. The molecular weight excluding hydrogens is 566 g/mol. The molecule has 0 saturated carbocycles. The molecule has 43 heavy (non-hydrogen) atoms. The third kappa shape index (κ3) is 5.62. The number of anilines is 3. The van der Waals surface area contributed by atoms with Gasteiger partial charge < -0.3 is 20.7 Å². The number of nitrogens with zero attached hydrogens (tertiary/aromatic N) is 5. The van der Waals surface area contributed by atoms with Crippen molar-refractivity contribution >= 4 is 34.8 Å². The lowest BCUT2D eigenvalue weighted by Crippen LogP contribution is -2.36. The summed E-state index contributed by atoms with van der Waals surface area (Å²) in [5.41, 5.74) is 11.1.